The average molecular weight is 264 g/mol. The molecule has 1 atom stereocenters. The van der Waals surface area contributed by atoms with Gasteiger partial charge in [-0.05, 0) is 37.6 Å². The lowest BCUT2D eigenvalue weighted by Gasteiger charge is -2.15. The zero-order chi connectivity index (χ0) is 13.0. The van der Waals surface area contributed by atoms with E-state index in [1.54, 1.807) is 12.5 Å². The van der Waals surface area contributed by atoms with Gasteiger partial charge in [0.2, 0.25) is 0 Å². The molecule has 18 heavy (non-hydrogen) atoms. The highest BCUT2D eigenvalue weighted by atomic mass is 35.5. The maximum atomic E-state index is 6.32. The molecule has 0 radical (unpaired) electrons. The van der Waals surface area contributed by atoms with Crippen molar-refractivity contribution in [3.63, 3.8) is 0 Å². The van der Waals surface area contributed by atoms with Gasteiger partial charge in [0.15, 0.2) is 0 Å². The van der Waals surface area contributed by atoms with Crippen LogP contribution in [-0.2, 0) is 0 Å². The number of benzene rings is 1. The molecule has 1 N–H and O–H groups in total. The van der Waals surface area contributed by atoms with Gasteiger partial charge in [-0.1, -0.05) is 24.6 Å². The first-order valence-corrected chi connectivity index (χ1v) is 6.61. The topological polar surface area (TPSA) is 29.9 Å². The average Bonchev–Trinajstić information content (AvgIpc) is 2.89. The first kappa shape index (κ1) is 13.1. The van der Waals surface area contributed by atoms with Gasteiger partial charge >= 0.3 is 0 Å². The van der Waals surface area contributed by atoms with E-state index in [2.05, 4.69) is 30.2 Å². The fourth-order valence-electron chi connectivity index (χ4n) is 1.88. The van der Waals surface area contributed by atoms with Gasteiger partial charge < -0.3 is 9.88 Å². The Kier molecular flexibility index (Phi) is 4.39. The Morgan fingerprint density at radius 3 is 2.89 bits per heavy atom. The predicted molar refractivity (Wildman–Crippen MR) is 75.3 cm³/mol. The predicted octanol–water partition coefficient (Wildman–Crippen LogP) is 3.59. The fourth-order valence-corrected chi connectivity index (χ4v) is 2.17. The molecule has 0 saturated heterocycles. The zero-order valence-corrected chi connectivity index (χ0v) is 11.5. The van der Waals surface area contributed by atoms with Crippen LogP contribution >= 0.6 is 11.6 Å². The molecule has 96 valence electrons. The third-order valence-electron chi connectivity index (χ3n) is 2.95. The van der Waals surface area contributed by atoms with Gasteiger partial charge in [0.05, 0.1) is 17.0 Å². The molecule has 1 unspecified atom stereocenters. The van der Waals surface area contributed by atoms with Gasteiger partial charge in [0.1, 0.15) is 0 Å². The van der Waals surface area contributed by atoms with Gasteiger partial charge in [-0.15, -0.1) is 0 Å². The van der Waals surface area contributed by atoms with Crippen molar-refractivity contribution in [2.45, 2.75) is 26.3 Å². The van der Waals surface area contributed by atoms with Crippen LogP contribution in [-0.4, -0.2) is 16.1 Å². The summed E-state index contributed by atoms with van der Waals surface area (Å²) >= 11 is 6.32. The van der Waals surface area contributed by atoms with E-state index >= 15 is 0 Å². The Morgan fingerprint density at radius 1 is 1.44 bits per heavy atom. The number of nitrogens with zero attached hydrogens (tertiary/aromatic N) is 2. The monoisotopic (exact) mass is 263 g/mol. The summed E-state index contributed by atoms with van der Waals surface area (Å²) in [6.07, 6.45) is 6.51. The van der Waals surface area contributed by atoms with E-state index in [1.165, 1.54) is 5.56 Å². The number of hydrogen-bond donors (Lipinski definition) is 1. The molecular formula is C14H18ClN3. The quantitative estimate of drug-likeness (QED) is 0.894. The van der Waals surface area contributed by atoms with E-state index in [0.717, 1.165) is 23.7 Å². The van der Waals surface area contributed by atoms with Gasteiger partial charge in [-0.3, -0.25) is 0 Å². The molecule has 2 aromatic rings. The molecule has 0 amide bonds. The van der Waals surface area contributed by atoms with Crippen LogP contribution < -0.4 is 5.32 Å². The molecule has 4 heteroatoms. The van der Waals surface area contributed by atoms with E-state index in [1.807, 2.05) is 22.9 Å². The molecular weight excluding hydrogens is 246 g/mol. The summed E-state index contributed by atoms with van der Waals surface area (Å²) in [4.78, 5) is 4.03. The lowest BCUT2D eigenvalue weighted by Crippen LogP contribution is -2.19. The second-order valence-electron chi connectivity index (χ2n) is 4.36. The van der Waals surface area contributed by atoms with Crippen LogP contribution in [0.5, 0.6) is 0 Å². The van der Waals surface area contributed by atoms with Crippen molar-refractivity contribution in [2.24, 2.45) is 0 Å². The van der Waals surface area contributed by atoms with Crippen molar-refractivity contribution < 1.29 is 0 Å². The third kappa shape index (κ3) is 2.92. The van der Waals surface area contributed by atoms with Crippen molar-refractivity contribution >= 4 is 11.6 Å². The molecule has 0 bridgehead atoms. The highest BCUT2D eigenvalue weighted by molar-refractivity contribution is 6.32. The zero-order valence-electron chi connectivity index (χ0n) is 10.7. The Bertz CT molecular complexity index is 494. The summed E-state index contributed by atoms with van der Waals surface area (Å²) in [7, 11) is 0. The van der Waals surface area contributed by atoms with Crippen LogP contribution in [0.3, 0.4) is 0 Å². The Balaban J connectivity index is 2.20. The smallest absolute Gasteiger partial charge is 0.0992 e. The van der Waals surface area contributed by atoms with Crippen molar-refractivity contribution in [1.82, 2.24) is 14.9 Å². The van der Waals surface area contributed by atoms with Gasteiger partial charge in [0, 0.05) is 18.4 Å². The molecule has 0 aliphatic heterocycles. The van der Waals surface area contributed by atoms with E-state index in [-0.39, 0.29) is 0 Å². The number of halogens is 1. The summed E-state index contributed by atoms with van der Waals surface area (Å²) in [5, 5.41) is 4.20. The minimum Gasteiger partial charge on any atom is -0.310 e. The van der Waals surface area contributed by atoms with Crippen LogP contribution in [0.15, 0.2) is 36.9 Å². The molecule has 1 heterocycles. The van der Waals surface area contributed by atoms with Crippen molar-refractivity contribution in [1.29, 1.82) is 0 Å². The summed E-state index contributed by atoms with van der Waals surface area (Å²) in [5.74, 6) is 0. The molecule has 1 aromatic heterocycles. The number of imidazole rings is 1. The summed E-state index contributed by atoms with van der Waals surface area (Å²) < 4.78 is 1.91. The van der Waals surface area contributed by atoms with Crippen LogP contribution in [0, 0.1) is 0 Å². The van der Waals surface area contributed by atoms with Crippen molar-refractivity contribution in [2.75, 3.05) is 6.54 Å². The molecule has 0 aliphatic rings. The SMILES string of the molecule is CCCNC(C)c1ccc(-n2ccnc2)c(Cl)c1. The van der Waals surface area contributed by atoms with Crippen LogP contribution in [0.2, 0.25) is 5.02 Å². The second-order valence-corrected chi connectivity index (χ2v) is 4.76. The van der Waals surface area contributed by atoms with Gasteiger partial charge in [-0.2, -0.15) is 0 Å². The summed E-state index contributed by atoms with van der Waals surface area (Å²) in [6, 6.07) is 6.47. The van der Waals surface area contributed by atoms with E-state index in [9.17, 15) is 0 Å². The summed E-state index contributed by atoms with van der Waals surface area (Å²) in [6.45, 7) is 5.33. The van der Waals surface area contributed by atoms with Crippen LogP contribution in [0.25, 0.3) is 5.69 Å². The van der Waals surface area contributed by atoms with Crippen molar-refractivity contribution in [3.8, 4) is 5.69 Å². The van der Waals surface area contributed by atoms with E-state index in [0.29, 0.717) is 6.04 Å². The molecule has 0 saturated carbocycles. The first-order chi connectivity index (χ1) is 8.72. The fraction of sp³-hybridized carbons (Fsp3) is 0.357. The number of rotatable bonds is 5. The van der Waals surface area contributed by atoms with Crippen LogP contribution in [0.1, 0.15) is 31.9 Å². The highest BCUT2D eigenvalue weighted by Gasteiger charge is 2.08. The maximum absolute atomic E-state index is 6.32. The molecule has 0 spiro atoms. The van der Waals surface area contributed by atoms with E-state index in [4.69, 9.17) is 11.6 Å². The normalized spacial score (nSPS) is 12.6. The molecule has 0 aliphatic carbocycles. The van der Waals surface area contributed by atoms with Crippen LogP contribution in [0.4, 0.5) is 0 Å². The lowest BCUT2D eigenvalue weighted by atomic mass is 10.1. The molecule has 0 fully saturated rings. The Morgan fingerprint density at radius 2 is 2.28 bits per heavy atom. The highest BCUT2D eigenvalue weighted by Crippen LogP contribution is 2.24. The summed E-state index contributed by atoms with van der Waals surface area (Å²) in [5.41, 5.74) is 2.16. The minimum atomic E-state index is 0.319. The van der Waals surface area contributed by atoms with Crippen molar-refractivity contribution in [3.05, 3.63) is 47.5 Å². The second kappa shape index (κ2) is 6.03. The largest absolute Gasteiger partial charge is 0.310 e. The third-order valence-corrected chi connectivity index (χ3v) is 3.26. The molecule has 1 aromatic carbocycles. The standard InChI is InChI=1S/C14H18ClN3/c1-3-6-17-11(2)12-4-5-14(13(15)9-12)18-8-7-16-10-18/h4-5,7-11,17H,3,6H2,1-2H3. The van der Waals surface area contributed by atoms with Gasteiger partial charge in [0.25, 0.3) is 0 Å². The van der Waals surface area contributed by atoms with E-state index < -0.39 is 0 Å². The molecule has 3 nitrogen and oxygen atoms in total. The number of nitrogens with one attached hydrogen (secondary N) is 1. The lowest BCUT2D eigenvalue weighted by molar-refractivity contribution is 0.570. The molecule has 2 rings (SSSR count). The first-order valence-electron chi connectivity index (χ1n) is 6.23. The minimum absolute atomic E-state index is 0.319. The Labute approximate surface area is 113 Å². The number of aromatic nitrogens is 2. The maximum Gasteiger partial charge on any atom is 0.0992 e. The number of hydrogen-bond acceptors (Lipinski definition) is 2. The Hall–Kier alpha value is -1.32. The van der Waals surface area contributed by atoms with Gasteiger partial charge in [-0.25, -0.2) is 4.98 Å².